The van der Waals surface area contributed by atoms with Gasteiger partial charge < -0.3 is 19.5 Å². The second-order valence-electron chi connectivity index (χ2n) is 8.00. The lowest BCUT2D eigenvalue weighted by molar-refractivity contribution is -0.125. The average Bonchev–Trinajstić information content (AvgIpc) is 3.35. The molecular formula is C23H26ClN3O3. The van der Waals surface area contributed by atoms with Gasteiger partial charge in [0.25, 0.3) is 0 Å². The summed E-state index contributed by atoms with van der Waals surface area (Å²) >= 11 is 5.97. The van der Waals surface area contributed by atoms with Crippen molar-refractivity contribution in [2.24, 2.45) is 5.92 Å². The van der Waals surface area contributed by atoms with Crippen LogP contribution in [0.5, 0.6) is 0 Å². The van der Waals surface area contributed by atoms with E-state index in [1.807, 2.05) is 12.1 Å². The summed E-state index contributed by atoms with van der Waals surface area (Å²) in [6.45, 7) is 4.41. The first-order valence-electron chi connectivity index (χ1n) is 10.4. The molecule has 2 unspecified atom stereocenters. The maximum Gasteiger partial charge on any atom is 0.321 e. The van der Waals surface area contributed by atoms with Crippen LogP contribution in [-0.2, 0) is 4.79 Å². The third kappa shape index (κ3) is 5.05. The van der Waals surface area contributed by atoms with Crippen molar-refractivity contribution in [1.29, 1.82) is 0 Å². The van der Waals surface area contributed by atoms with Gasteiger partial charge in [0.1, 0.15) is 11.5 Å². The van der Waals surface area contributed by atoms with Gasteiger partial charge in [-0.2, -0.15) is 0 Å². The summed E-state index contributed by atoms with van der Waals surface area (Å²) in [6, 6.07) is 10.8. The number of halogens is 1. The molecule has 1 saturated heterocycles. The number of carbonyl (C=O) groups excluding carboxylic acids is 2. The molecule has 1 aliphatic carbocycles. The van der Waals surface area contributed by atoms with Crippen LogP contribution in [0.15, 0.2) is 46.9 Å². The van der Waals surface area contributed by atoms with E-state index in [4.69, 9.17) is 16.0 Å². The van der Waals surface area contributed by atoms with Gasteiger partial charge in [-0.15, -0.1) is 0 Å². The lowest BCUT2D eigenvalue weighted by atomic mass is 10.3. The first kappa shape index (κ1) is 20.5. The molecule has 3 amide bonds. The van der Waals surface area contributed by atoms with Crippen LogP contribution in [0.2, 0.25) is 5.02 Å². The van der Waals surface area contributed by atoms with Gasteiger partial charge in [0, 0.05) is 48.9 Å². The number of nitrogens with one attached hydrogen (secondary N) is 1. The molecule has 1 N–H and O–H groups in total. The molecular weight excluding hydrogens is 402 g/mol. The maximum absolute atomic E-state index is 12.6. The van der Waals surface area contributed by atoms with Crippen LogP contribution >= 0.6 is 11.6 Å². The minimum atomic E-state index is -0.181. The van der Waals surface area contributed by atoms with Crippen molar-refractivity contribution in [1.82, 2.24) is 9.80 Å². The number of hydrogen-bond donors (Lipinski definition) is 1. The Balaban J connectivity index is 1.29. The topological polar surface area (TPSA) is 65.8 Å². The molecule has 7 heteroatoms. The SMILES string of the molecule is CC1CC1c1ccc(/C=C/C(=O)N2CCCN(C(=O)Nc3cccc(Cl)c3)CC2)o1. The van der Waals surface area contributed by atoms with Gasteiger partial charge in [-0.1, -0.05) is 24.6 Å². The fourth-order valence-corrected chi connectivity index (χ4v) is 3.93. The Kier molecular flexibility index (Phi) is 6.13. The Labute approximate surface area is 181 Å². The summed E-state index contributed by atoms with van der Waals surface area (Å²) in [6.07, 6.45) is 5.19. The lowest BCUT2D eigenvalue weighted by Crippen LogP contribution is -2.39. The third-order valence-corrected chi connectivity index (χ3v) is 5.92. The van der Waals surface area contributed by atoms with Crippen molar-refractivity contribution in [3.63, 3.8) is 0 Å². The zero-order valence-electron chi connectivity index (χ0n) is 17.0. The third-order valence-electron chi connectivity index (χ3n) is 5.68. The minimum absolute atomic E-state index is 0.0650. The average molecular weight is 428 g/mol. The number of amides is 3. The Morgan fingerprint density at radius 1 is 1.13 bits per heavy atom. The lowest BCUT2D eigenvalue weighted by Gasteiger charge is -2.22. The van der Waals surface area contributed by atoms with Crippen molar-refractivity contribution < 1.29 is 14.0 Å². The highest BCUT2D eigenvalue weighted by Gasteiger charge is 2.36. The maximum atomic E-state index is 12.6. The van der Waals surface area contributed by atoms with E-state index in [0.717, 1.165) is 12.2 Å². The molecule has 30 heavy (non-hydrogen) atoms. The fourth-order valence-electron chi connectivity index (χ4n) is 3.74. The number of urea groups is 1. The van der Waals surface area contributed by atoms with Gasteiger partial charge in [-0.25, -0.2) is 4.79 Å². The second kappa shape index (κ2) is 8.96. The molecule has 2 fully saturated rings. The molecule has 6 nitrogen and oxygen atoms in total. The van der Waals surface area contributed by atoms with Crippen molar-refractivity contribution in [2.45, 2.75) is 25.7 Å². The number of furan rings is 1. The largest absolute Gasteiger partial charge is 0.461 e. The Morgan fingerprint density at radius 2 is 1.90 bits per heavy atom. The zero-order chi connectivity index (χ0) is 21.1. The summed E-state index contributed by atoms with van der Waals surface area (Å²) in [5, 5.41) is 3.44. The molecule has 1 saturated carbocycles. The number of hydrogen-bond acceptors (Lipinski definition) is 3. The monoisotopic (exact) mass is 427 g/mol. The number of anilines is 1. The van der Waals surface area contributed by atoms with E-state index in [1.54, 1.807) is 46.2 Å². The molecule has 2 aromatic rings. The Morgan fingerprint density at radius 3 is 2.67 bits per heavy atom. The molecule has 1 aromatic carbocycles. The summed E-state index contributed by atoms with van der Waals surface area (Å²) < 4.78 is 5.83. The number of benzene rings is 1. The van der Waals surface area contributed by atoms with Gasteiger partial charge in [-0.05, 0) is 55.2 Å². The second-order valence-corrected chi connectivity index (χ2v) is 8.44. The van der Waals surface area contributed by atoms with Crippen LogP contribution in [0, 0.1) is 5.92 Å². The van der Waals surface area contributed by atoms with Crippen LogP contribution in [0.4, 0.5) is 10.5 Å². The Hall–Kier alpha value is -2.73. The molecule has 2 aliphatic rings. The fraction of sp³-hybridized carbons (Fsp3) is 0.391. The smallest absolute Gasteiger partial charge is 0.321 e. The standard InChI is InChI=1S/C23H26ClN3O3/c1-16-14-20(16)21-8-6-19(30-21)7-9-22(28)26-10-3-11-27(13-12-26)23(29)25-18-5-2-4-17(24)15-18/h2,4-9,15-16,20H,3,10-14H2,1H3,(H,25,29)/b9-7+. The molecule has 0 radical (unpaired) electrons. The van der Waals surface area contributed by atoms with Gasteiger partial charge >= 0.3 is 6.03 Å². The van der Waals surface area contributed by atoms with Crippen molar-refractivity contribution in [2.75, 3.05) is 31.5 Å². The van der Waals surface area contributed by atoms with E-state index >= 15 is 0 Å². The van der Waals surface area contributed by atoms with Crippen LogP contribution in [0.25, 0.3) is 6.08 Å². The van der Waals surface area contributed by atoms with E-state index in [1.165, 1.54) is 6.42 Å². The number of nitrogens with zero attached hydrogens (tertiary/aromatic N) is 2. The summed E-state index contributed by atoms with van der Waals surface area (Å²) in [5.41, 5.74) is 0.658. The normalized spacial score (nSPS) is 21.5. The molecule has 2 atom stereocenters. The first-order valence-corrected chi connectivity index (χ1v) is 10.8. The number of carbonyl (C=O) groups is 2. The van der Waals surface area contributed by atoms with Gasteiger partial charge in [-0.3, -0.25) is 4.79 Å². The van der Waals surface area contributed by atoms with E-state index in [9.17, 15) is 9.59 Å². The number of rotatable bonds is 4. The van der Waals surface area contributed by atoms with Crippen LogP contribution in [0.3, 0.4) is 0 Å². The van der Waals surface area contributed by atoms with E-state index in [0.29, 0.717) is 54.5 Å². The quantitative estimate of drug-likeness (QED) is 0.710. The van der Waals surface area contributed by atoms with Crippen molar-refractivity contribution in [3.05, 3.63) is 59.0 Å². The van der Waals surface area contributed by atoms with Gasteiger partial charge in [0.05, 0.1) is 0 Å². The first-order chi connectivity index (χ1) is 14.5. The summed E-state index contributed by atoms with van der Waals surface area (Å²) in [4.78, 5) is 28.6. The summed E-state index contributed by atoms with van der Waals surface area (Å²) in [5.74, 6) is 2.86. The van der Waals surface area contributed by atoms with E-state index in [2.05, 4.69) is 12.2 Å². The van der Waals surface area contributed by atoms with Gasteiger partial charge in [0.15, 0.2) is 0 Å². The summed E-state index contributed by atoms with van der Waals surface area (Å²) in [7, 11) is 0. The minimum Gasteiger partial charge on any atom is -0.461 e. The van der Waals surface area contributed by atoms with Gasteiger partial charge in [0.2, 0.25) is 5.91 Å². The Bertz CT molecular complexity index is 955. The highest BCUT2D eigenvalue weighted by Crippen LogP contribution is 2.47. The van der Waals surface area contributed by atoms with E-state index < -0.39 is 0 Å². The van der Waals surface area contributed by atoms with Crippen molar-refractivity contribution >= 4 is 35.3 Å². The molecule has 158 valence electrons. The molecule has 4 rings (SSSR count). The van der Waals surface area contributed by atoms with Crippen LogP contribution < -0.4 is 5.32 Å². The molecule has 0 spiro atoms. The highest BCUT2D eigenvalue weighted by atomic mass is 35.5. The van der Waals surface area contributed by atoms with Crippen LogP contribution in [-0.4, -0.2) is 47.9 Å². The zero-order valence-corrected chi connectivity index (χ0v) is 17.8. The predicted octanol–water partition coefficient (Wildman–Crippen LogP) is 4.84. The predicted molar refractivity (Wildman–Crippen MR) is 118 cm³/mol. The van der Waals surface area contributed by atoms with Crippen molar-refractivity contribution in [3.8, 4) is 0 Å². The van der Waals surface area contributed by atoms with Crippen LogP contribution in [0.1, 0.15) is 37.2 Å². The van der Waals surface area contributed by atoms with E-state index in [-0.39, 0.29) is 11.9 Å². The molecule has 1 aromatic heterocycles. The highest BCUT2D eigenvalue weighted by molar-refractivity contribution is 6.30. The molecule has 1 aliphatic heterocycles. The molecule has 2 heterocycles. The molecule has 0 bridgehead atoms.